The lowest BCUT2D eigenvalue weighted by molar-refractivity contribution is 0.0950. The molecule has 8 heteroatoms. The van der Waals surface area contributed by atoms with E-state index in [0.717, 1.165) is 5.69 Å². The van der Waals surface area contributed by atoms with Gasteiger partial charge in [0.25, 0.3) is 5.91 Å². The van der Waals surface area contributed by atoms with E-state index in [4.69, 9.17) is 0 Å². The molecule has 0 radical (unpaired) electrons. The quantitative estimate of drug-likeness (QED) is 0.739. The van der Waals surface area contributed by atoms with Crippen LogP contribution in [0.25, 0.3) is 0 Å². The monoisotopic (exact) mass is 357 g/mol. The zero-order valence-electron chi connectivity index (χ0n) is 12.9. The number of benzene rings is 1. The van der Waals surface area contributed by atoms with Gasteiger partial charge in [-0.25, -0.2) is 4.98 Å². The minimum absolute atomic E-state index is 0. The number of hydrogen-bond acceptors (Lipinski definition) is 5. The van der Waals surface area contributed by atoms with E-state index in [9.17, 15) is 4.79 Å². The molecule has 1 unspecified atom stereocenters. The van der Waals surface area contributed by atoms with Crippen molar-refractivity contribution < 1.29 is 4.79 Å². The summed E-state index contributed by atoms with van der Waals surface area (Å²) in [5.41, 5.74) is 1.40. The predicted octanol–water partition coefficient (Wildman–Crippen LogP) is 2.40. The van der Waals surface area contributed by atoms with Crippen molar-refractivity contribution in [1.29, 1.82) is 0 Å². The number of hydrogen-bond donors (Lipinski definition) is 3. The maximum Gasteiger partial charge on any atom is 0.251 e. The highest BCUT2D eigenvalue weighted by Crippen LogP contribution is 2.15. The van der Waals surface area contributed by atoms with E-state index < -0.39 is 0 Å². The first-order valence-electron chi connectivity index (χ1n) is 6.77. The van der Waals surface area contributed by atoms with Gasteiger partial charge in [0.15, 0.2) is 0 Å². The minimum atomic E-state index is -0.0973. The standard InChI is InChI=1S/C15H19N5O.2ClH/c1-11(16-2)9-19-15(21)12-4-3-5-13(8-12)20-14-10-17-6-7-18-14;;/h3-8,10-11,16H,9H2,1-2H3,(H,18,20)(H,19,21);2*1H. The number of aromatic nitrogens is 2. The fraction of sp³-hybridized carbons (Fsp3) is 0.267. The van der Waals surface area contributed by atoms with Gasteiger partial charge in [-0.1, -0.05) is 6.07 Å². The first kappa shape index (κ1) is 21.1. The summed E-state index contributed by atoms with van der Waals surface area (Å²) in [5.74, 6) is 0.541. The average molecular weight is 358 g/mol. The zero-order valence-corrected chi connectivity index (χ0v) is 14.6. The number of rotatable bonds is 6. The van der Waals surface area contributed by atoms with Crippen molar-refractivity contribution >= 4 is 42.2 Å². The van der Waals surface area contributed by atoms with Crippen LogP contribution in [-0.4, -0.2) is 35.5 Å². The molecule has 126 valence electrons. The van der Waals surface area contributed by atoms with Crippen molar-refractivity contribution in [2.75, 3.05) is 18.9 Å². The van der Waals surface area contributed by atoms with E-state index in [1.165, 1.54) is 0 Å². The molecule has 1 aromatic carbocycles. The number of amides is 1. The largest absolute Gasteiger partial charge is 0.350 e. The Kier molecular flexibility index (Phi) is 9.89. The molecule has 0 aliphatic heterocycles. The van der Waals surface area contributed by atoms with Crippen LogP contribution in [0, 0.1) is 0 Å². The summed E-state index contributed by atoms with van der Waals surface area (Å²) in [6.45, 7) is 2.59. The number of nitrogens with one attached hydrogen (secondary N) is 3. The molecule has 3 N–H and O–H groups in total. The molecule has 0 saturated heterocycles. The van der Waals surface area contributed by atoms with Crippen molar-refractivity contribution in [3.63, 3.8) is 0 Å². The van der Waals surface area contributed by atoms with Crippen LogP contribution in [0.5, 0.6) is 0 Å². The number of likely N-dealkylation sites (N-methyl/N-ethyl adjacent to an activating group) is 1. The summed E-state index contributed by atoms with van der Waals surface area (Å²) in [5, 5.41) is 9.07. The van der Waals surface area contributed by atoms with Crippen LogP contribution in [0.3, 0.4) is 0 Å². The van der Waals surface area contributed by atoms with Crippen LogP contribution in [0.1, 0.15) is 17.3 Å². The number of carbonyl (C=O) groups excluding carboxylic acids is 1. The zero-order chi connectivity index (χ0) is 15.1. The first-order valence-corrected chi connectivity index (χ1v) is 6.77. The van der Waals surface area contributed by atoms with Gasteiger partial charge in [-0.3, -0.25) is 9.78 Å². The van der Waals surface area contributed by atoms with E-state index in [0.29, 0.717) is 17.9 Å². The molecular formula is C15H21Cl2N5O. The Morgan fingerprint density at radius 2 is 2.04 bits per heavy atom. The average Bonchev–Trinajstić information content (AvgIpc) is 2.53. The highest BCUT2D eigenvalue weighted by atomic mass is 35.5. The van der Waals surface area contributed by atoms with Gasteiger partial charge in [0.05, 0.1) is 6.20 Å². The van der Waals surface area contributed by atoms with Gasteiger partial charge in [0, 0.05) is 36.2 Å². The molecule has 6 nitrogen and oxygen atoms in total. The molecule has 2 aromatic rings. The Bertz CT molecular complexity index is 597. The second-order valence-electron chi connectivity index (χ2n) is 4.70. The van der Waals surface area contributed by atoms with Crippen molar-refractivity contribution in [1.82, 2.24) is 20.6 Å². The molecule has 23 heavy (non-hydrogen) atoms. The van der Waals surface area contributed by atoms with Crippen molar-refractivity contribution in [2.45, 2.75) is 13.0 Å². The highest BCUT2D eigenvalue weighted by Gasteiger charge is 2.07. The topological polar surface area (TPSA) is 78.9 Å². The fourth-order valence-corrected chi connectivity index (χ4v) is 1.70. The Balaban J connectivity index is 0.00000242. The van der Waals surface area contributed by atoms with Crippen molar-refractivity contribution in [3.05, 3.63) is 48.4 Å². The third kappa shape index (κ3) is 6.81. The van der Waals surface area contributed by atoms with E-state index in [2.05, 4.69) is 25.9 Å². The van der Waals surface area contributed by atoms with Gasteiger partial charge < -0.3 is 16.0 Å². The molecule has 1 heterocycles. The van der Waals surface area contributed by atoms with Crippen LogP contribution < -0.4 is 16.0 Å². The molecule has 0 saturated carbocycles. The fourth-order valence-electron chi connectivity index (χ4n) is 1.70. The molecule has 1 aromatic heterocycles. The van der Waals surface area contributed by atoms with Crippen molar-refractivity contribution in [2.24, 2.45) is 0 Å². The highest BCUT2D eigenvalue weighted by molar-refractivity contribution is 5.95. The van der Waals surface area contributed by atoms with Crippen LogP contribution >= 0.6 is 24.8 Å². The van der Waals surface area contributed by atoms with Crippen LogP contribution in [0.2, 0.25) is 0 Å². The molecule has 0 spiro atoms. The van der Waals surface area contributed by atoms with E-state index in [1.807, 2.05) is 26.1 Å². The minimum Gasteiger partial charge on any atom is -0.350 e. The number of anilines is 2. The van der Waals surface area contributed by atoms with Gasteiger partial charge in [-0.15, -0.1) is 24.8 Å². The molecule has 1 atom stereocenters. The van der Waals surface area contributed by atoms with Gasteiger partial charge in [-0.05, 0) is 32.2 Å². The van der Waals surface area contributed by atoms with E-state index in [-0.39, 0.29) is 36.8 Å². The Hall–Kier alpha value is -1.89. The summed E-state index contributed by atoms with van der Waals surface area (Å²) < 4.78 is 0. The molecular weight excluding hydrogens is 337 g/mol. The van der Waals surface area contributed by atoms with Crippen molar-refractivity contribution in [3.8, 4) is 0 Å². The summed E-state index contributed by atoms with van der Waals surface area (Å²) in [4.78, 5) is 20.2. The second-order valence-corrected chi connectivity index (χ2v) is 4.70. The number of halogens is 2. The Morgan fingerprint density at radius 3 is 2.70 bits per heavy atom. The van der Waals surface area contributed by atoms with Crippen LogP contribution in [-0.2, 0) is 0 Å². The maximum atomic E-state index is 12.1. The third-order valence-corrected chi connectivity index (χ3v) is 3.02. The lowest BCUT2D eigenvalue weighted by Gasteiger charge is -2.12. The van der Waals surface area contributed by atoms with Gasteiger partial charge >= 0.3 is 0 Å². The normalized spacial score (nSPS) is 10.7. The third-order valence-electron chi connectivity index (χ3n) is 3.02. The SMILES string of the molecule is CNC(C)CNC(=O)c1cccc(Nc2cnccn2)c1.Cl.Cl. The van der Waals surface area contributed by atoms with Gasteiger partial charge in [0.1, 0.15) is 5.82 Å². The summed E-state index contributed by atoms with van der Waals surface area (Å²) in [6.07, 6.45) is 4.84. The summed E-state index contributed by atoms with van der Waals surface area (Å²) in [6, 6.07) is 7.50. The Morgan fingerprint density at radius 1 is 1.26 bits per heavy atom. The smallest absolute Gasteiger partial charge is 0.251 e. The lowest BCUT2D eigenvalue weighted by atomic mass is 10.2. The predicted molar refractivity (Wildman–Crippen MR) is 97.1 cm³/mol. The summed E-state index contributed by atoms with van der Waals surface area (Å²) >= 11 is 0. The molecule has 1 amide bonds. The van der Waals surface area contributed by atoms with Crippen LogP contribution in [0.15, 0.2) is 42.9 Å². The van der Waals surface area contributed by atoms with Crippen LogP contribution in [0.4, 0.5) is 11.5 Å². The molecule has 0 aliphatic rings. The molecule has 2 rings (SSSR count). The lowest BCUT2D eigenvalue weighted by Crippen LogP contribution is -2.37. The van der Waals surface area contributed by atoms with Gasteiger partial charge in [-0.2, -0.15) is 0 Å². The first-order chi connectivity index (χ1) is 10.2. The molecule has 0 fully saturated rings. The number of nitrogens with zero attached hydrogens (tertiary/aromatic N) is 2. The Labute approximate surface area is 148 Å². The van der Waals surface area contributed by atoms with E-state index in [1.54, 1.807) is 30.7 Å². The van der Waals surface area contributed by atoms with Gasteiger partial charge in [0.2, 0.25) is 0 Å². The molecule has 0 bridgehead atoms. The number of carbonyl (C=O) groups is 1. The van der Waals surface area contributed by atoms with E-state index >= 15 is 0 Å². The maximum absolute atomic E-state index is 12.1. The molecule has 0 aliphatic carbocycles. The second kappa shape index (κ2) is 10.8. The summed E-state index contributed by atoms with van der Waals surface area (Å²) in [7, 11) is 1.86.